The van der Waals surface area contributed by atoms with Gasteiger partial charge in [-0.2, -0.15) is 0 Å². The van der Waals surface area contributed by atoms with E-state index in [9.17, 15) is 4.39 Å². The van der Waals surface area contributed by atoms with Crippen LogP contribution in [0.3, 0.4) is 0 Å². The van der Waals surface area contributed by atoms with Gasteiger partial charge < -0.3 is 9.84 Å². The van der Waals surface area contributed by atoms with Crippen LogP contribution >= 0.6 is 23.2 Å². The fraction of sp³-hybridized carbons (Fsp3) is 0.125. The highest BCUT2D eigenvalue weighted by molar-refractivity contribution is 6.42. The molecule has 0 atom stereocenters. The summed E-state index contributed by atoms with van der Waals surface area (Å²) in [6, 6.07) is 9.56. The molecule has 0 amide bonds. The van der Waals surface area contributed by atoms with E-state index in [-0.39, 0.29) is 18.8 Å². The van der Waals surface area contributed by atoms with Gasteiger partial charge in [-0.1, -0.05) is 47.2 Å². The minimum atomic E-state index is -0.509. The van der Waals surface area contributed by atoms with Gasteiger partial charge in [-0.3, -0.25) is 0 Å². The Morgan fingerprint density at radius 1 is 1.19 bits per heavy atom. The maximum Gasteiger partial charge on any atom is 0.142 e. The molecule has 108 valence electrons. The first-order chi connectivity index (χ1) is 10.1. The summed E-state index contributed by atoms with van der Waals surface area (Å²) in [6.45, 7) is -0.133. The molecule has 5 heteroatoms. The van der Waals surface area contributed by atoms with Gasteiger partial charge in [0.25, 0.3) is 0 Å². The third-order valence-corrected chi connectivity index (χ3v) is 3.53. The van der Waals surface area contributed by atoms with Gasteiger partial charge in [0.15, 0.2) is 0 Å². The molecule has 0 bridgehead atoms. The molecule has 0 aromatic heterocycles. The smallest absolute Gasteiger partial charge is 0.142 e. The first-order valence-corrected chi connectivity index (χ1v) is 6.82. The molecule has 0 aliphatic carbocycles. The molecule has 0 heterocycles. The van der Waals surface area contributed by atoms with Crippen molar-refractivity contribution in [3.05, 3.63) is 63.4 Å². The Kier molecular flexibility index (Phi) is 5.46. The maximum absolute atomic E-state index is 13.7. The summed E-state index contributed by atoms with van der Waals surface area (Å²) in [4.78, 5) is 0. The summed E-state index contributed by atoms with van der Waals surface area (Å²) in [5.74, 6) is 4.75. The molecule has 1 N–H and O–H groups in total. The largest absolute Gasteiger partial charge is 0.489 e. The molecule has 2 aromatic carbocycles. The maximum atomic E-state index is 13.7. The Balaban J connectivity index is 2.10. The predicted molar refractivity (Wildman–Crippen MR) is 81.2 cm³/mol. The fourth-order valence-electron chi connectivity index (χ4n) is 1.64. The van der Waals surface area contributed by atoms with Gasteiger partial charge in [0.2, 0.25) is 0 Å². The van der Waals surface area contributed by atoms with Crippen LogP contribution in [-0.2, 0) is 6.61 Å². The lowest BCUT2D eigenvalue weighted by atomic mass is 10.2. The number of benzene rings is 2. The molecule has 2 nitrogen and oxygen atoms in total. The number of hydrogen-bond acceptors (Lipinski definition) is 2. The molecule has 21 heavy (non-hydrogen) atoms. The van der Waals surface area contributed by atoms with Crippen LogP contribution in [0.5, 0.6) is 5.75 Å². The predicted octanol–water partition coefficient (Wildman–Crippen LogP) is 4.06. The third kappa shape index (κ3) is 4.12. The van der Waals surface area contributed by atoms with Crippen molar-refractivity contribution in [3.8, 4) is 17.6 Å². The molecular weight excluding hydrogens is 314 g/mol. The summed E-state index contributed by atoms with van der Waals surface area (Å²) in [5, 5.41) is 9.45. The number of aliphatic hydroxyl groups excluding tert-OH is 1. The Labute approximate surface area is 132 Å². The zero-order chi connectivity index (χ0) is 15.2. The zero-order valence-corrected chi connectivity index (χ0v) is 12.4. The molecule has 0 unspecified atom stereocenters. The van der Waals surface area contributed by atoms with Crippen molar-refractivity contribution in [2.75, 3.05) is 6.61 Å². The first-order valence-electron chi connectivity index (χ1n) is 6.07. The lowest BCUT2D eigenvalue weighted by molar-refractivity contribution is 0.304. The minimum absolute atomic E-state index is 0.181. The third-order valence-electron chi connectivity index (χ3n) is 2.67. The quantitative estimate of drug-likeness (QED) is 0.863. The zero-order valence-electron chi connectivity index (χ0n) is 10.9. The van der Waals surface area contributed by atoms with E-state index in [2.05, 4.69) is 11.8 Å². The number of hydrogen-bond donors (Lipinski definition) is 1. The van der Waals surface area contributed by atoms with E-state index in [0.717, 1.165) is 0 Å². The highest BCUT2D eigenvalue weighted by atomic mass is 35.5. The number of halogens is 3. The van der Waals surface area contributed by atoms with E-state index < -0.39 is 5.82 Å². The molecule has 0 aliphatic rings. The van der Waals surface area contributed by atoms with Gasteiger partial charge in [-0.05, 0) is 18.2 Å². The van der Waals surface area contributed by atoms with E-state index in [1.54, 1.807) is 24.3 Å². The van der Waals surface area contributed by atoms with Gasteiger partial charge in [0.1, 0.15) is 24.8 Å². The molecule has 0 spiro atoms. The Morgan fingerprint density at radius 3 is 2.71 bits per heavy atom. The average molecular weight is 325 g/mol. The topological polar surface area (TPSA) is 29.5 Å². The van der Waals surface area contributed by atoms with Gasteiger partial charge in [0, 0.05) is 11.6 Å². The van der Waals surface area contributed by atoms with Crippen molar-refractivity contribution in [1.82, 2.24) is 0 Å². The van der Waals surface area contributed by atoms with Gasteiger partial charge in [0.05, 0.1) is 15.6 Å². The van der Waals surface area contributed by atoms with Crippen molar-refractivity contribution in [2.24, 2.45) is 0 Å². The monoisotopic (exact) mass is 324 g/mol. The lowest BCUT2D eigenvalue weighted by Crippen LogP contribution is -1.97. The van der Waals surface area contributed by atoms with Crippen LogP contribution in [0.25, 0.3) is 0 Å². The van der Waals surface area contributed by atoms with Crippen molar-refractivity contribution in [1.29, 1.82) is 0 Å². The molecule has 0 aliphatic heterocycles. The SMILES string of the molecule is OCC#Cc1ccc(OCc2cccc(Cl)c2Cl)cc1F. The summed E-state index contributed by atoms with van der Waals surface area (Å²) in [7, 11) is 0. The van der Waals surface area contributed by atoms with Crippen LogP contribution in [-0.4, -0.2) is 11.7 Å². The minimum Gasteiger partial charge on any atom is -0.489 e. The Hall–Kier alpha value is -1.73. The summed E-state index contributed by atoms with van der Waals surface area (Å²) in [6.07, 6.45) is 0. The molecular formula is C16H11Cl2FO2. The molecule has 0 saturated carbocycles. The van der Waals surface area contributed by atoms with Crippen molar-refractivity contribution < 1.29 is 14.2 Å². The molecule has 2 rings (SSSR count). The molecule has 0 saturated heterocycles. The second kappa shape index (κ2) is 7.33. The molecule has 2 aromatic rings. The second-order valence-electron chi connectivity index (χ2n) is 4.10. The van der Waals surface area contributed by atoms with E-state index >= 15 is 0 Å². The Morgan fingerprint density at radius 2 is 2.00 bits per heavy atom. The summed E-state index contributed by atoms with van der Waals surface area (Å²) < 4.78 is 19.2. The second-order valence-corrected chi connectivity index (χ2v) is 4.89. The van der Waals surface area contributed by atoms with E-state index in [1.165, 1.54) is 12.1 Å². The molecule has 0 radical (unpaired) electrons. The van der Waals surface area contributed by atoms with Crippen molar-refractivity contribution in [2.45, 2.75) is 6.61 Å². The van der Waals surface area contributed by atoms with Crippen LogP contribution in [0.2, 0.25) is 10.0 Å². The van der Waals surface area contributed by atoms with Crippen molar-refractivity contribution in [3.63, 3.8) is 0 Å². The standard InChI is InChI=1S/C16H11Cl2FO2/c17-14-5-1-3-12(16(14)18)10-21-13-7-6-11(4-2-8-20)15(19)9-13/h1,3,5-7,9,20H,8,10H2. The fourth-order valence-corrected chi connectivity index (χ4v) is 2.02. The van der Waals surface area contributed by atoms with E-state index in [0.29, 0.717) is 21.4 Å². The Bertz CT molecular complexity index is 705. The van der Waals surface area contributed by atoms with E-state index in [4.69, 9.17) is 33.0 Å². The van der Waals surface area contributed by atoms with Crippen LogP contribution in [0.15, 0.2) is 36.4 Å². The highest BCUT2D eigenvalue weighted by Gasteiger charge is 2.06. The van der Waals surface area contributed by atoms with Gasteiger partial charge in [-0.15, -0.1) is 0 Å². The average Bonchev–Trinajstić information content (AvgIpc) is 2.48. The summed E-state index contributed by atoms with van der Waals surface area (Å²) >= 11 is 12.0. The van der Waals surface area contributed by atoms with Crippen LogP contribution in [0.4, 0.5) is 4.39 Å². The van der Waals surface area contributed by atoms with E-state index in [1.807, 2.05) is 0 Å². The number of aliphatic hydroxyl groups is 1. The number of rotatable bonds is 3. The van der Waals surface area contributed by atoms with Gasteiger partial charge in [-0.25, -0.2) is 4.39 Å². The normalized spacial score (nSPS) is 9.90. The van der Waals surface area contributed by atoms with Crippen LogP contribution in [0.1, 0.15) is 11.1 Å². The van der Waals surface area contributed by atoms with Gasteiger partial charge >= 0.3 is 0 Å². The van der Waals surface area contributed by atoms with Crippen molar-refractivity contribution >= 4 is 23.2 Å². The van der Waals surface area contributed by atoms with Crippen LogP contribution < -0.4 is 4.74 Å². The number of ether oxygens (including phenoxy) is 1. The molecule has 0 fully saturated rings. The highest BCUT2D eigenvalue weighted by Crippen LogP contribution is 2.26. The first kappa shape index (κ1) is 15.7. The van der Waals surface area contributed by atoms with Crippen LogP contribution in [0, 0.1) is 17.7 Å². The summed E-state index contributed by atoms with van der Waals surface area (Å²) in [5.41, 5.74) is 0.922. The lowest BCUT2D eigenvalue weighted by Gasteiger charge is -2.09.